The summed E-state index contributed by atoms with van der Waals surface area (Å²) in [6, 6.07) is 0. The van der Waals surface area contributed by atoms with Crippen molar-refractivity contribution >= 4 is 61.6 Å². The Bertz CT molecular complexity index is 1050. The molecule has 0 spiro atoms. The Morgan fingerprint density at radius 2 is 0.920 bits per heavy atom. The molecule has 0 aromatic heterocycles. The maximum atomic E-state index is 12.9. The first kappa shape index (κ1) is 46.2. The highest BCUT2D eigenvalue weighted by Crippen LogP contribution is 2.11. The van der Waals surface area contributed by atoms with Crippen LogP contribution in [0.15, 0.2) is 0 Å². The fourth-order valence-electron chi connectivity index (χ4n) is 4.91. The first-order valence-electron chi connectivity index (χ1n) is 17.3. The molecule has 1 aliphatic heterocycles. The van der Waals surface area contributed by atoms with Gasteiger partial charge in [0.25, 0.3) is 0 Å². The van der Waals surface area contributed by atoms with Crippen molar-refractivity contribution in [3.63, 3.8) is 0 Å². The molecular formula is C34H62Br2N6O8. The highest BCUT2D eigenvalue weighted by atomic mass is 79.9. The van der Waals surface area contributed by atoms with E-state index in [1.165, 1.54) is 0 Å². The standard InChI is InChI=1S/C34H62Br2N6O8/c1-32(2,3)48-28(44)23-40-16-14-39(13-12-37-27(43)22-26(36)31(47)38-11-10-35)15-17-41(24-29(45)49-33(4,5)6)19-21-42(20-18-40)25-30(46)50-34(7,8)9/h26H,10-25H2,1-9H3,(H,37,43)(H,38,47). The topological polar surface area (TPSA) is 150 Å². The van der Waals surface area contributed by atoms with E-state index in [0.29, 0.717) is 77.3 Å². The number of hydrogen-bond donors (Lipinski definition) is 2. The lowest BCUT2D eigenvalue weighted by Crippen LogP contribution is -2.50. The molecule has 0 aromatic carbocycles. The number of ether oxygens (including phenoxy) is 3. The van der Waals surface area contributed by atoms with Crippen LogP contribution in [0.1, 0.15) is 68.7 Å². The van der Waals surface area contributed by atoms with Gasteiger partial charge in [-0.3, -0.25) is 43.6 Å². The fourth-order valence-corrected chi connectivity index (χ4v) is 5.56. The van der Waals surface area contributed by atoms with Gasteiger partial charge in [0.2, 0.25) is 11.8 Å². The van der Waals surface area contributed by atoms with Crippen LogP contribution >= 0.6 is 31.9 Å². The molecule has 1 fully saturated rings. The Morgan fingerprint density at radius 3 is 1.24 bits per heavy atom. The molecular weight excluding hydrogens is 780 g/mol. The molecule has 1 saturated heterocycles. The molecule has 290 valence electrons. The highest BCUT2D eigenvalue weighted by Gasteiger charge is 2.26. The summed E-state index contributed by atoms with van der Waals surface area (Å²) in [6.45, 7) is 22.1. The molecule has 0 aromatic rings. The summed E-state index contributed by atoms with van der Waals surface area (Å²) in [5, 5.41) is 6.27. The van der Waals surface area contributed by atoms with Crippen LogP contribution < -0.4 is 10.6 Å². The minimum absolute atomic E-state index is 0.00124. The zero-order valence-corrected chi connectivity index (χ0v) is 34.9. The highest BCUT2D eigenvalue weighted by molar-refractivity contribution is 9.10. The van der Waals surface area contributed by atoms with E-state index in [-0.39, 0.29) is 55.8 Å². The van der Waals surface area contributed by atoms with Gasteiger partial charge in [-0.1, -0.05) is 31.9 Å². The summed E-state index contributed by atoms with van der Waals surface area (Å²) in [6.07, 6.45) is 0.00124. The number of hydrogen-bond acceptors (Lipinski definition) is 12. The Hall–Kier alpha value is -1.85. The van der Waals surface area contributed by atoms with E-state index >= 15 is 0 Å². The molecule has 16 heteroatoms. The molecule has 0 bridgehead atoms. The molecule has 0 aliphatic carbocycles. The van der Waals surface area contributed by atoms with E-state index in [2.05, 4.69) is 47.4 Å². The van der Waals surface area contributed by atoms with Crippen molar-refractivity contribution < 1.29 is 38.2 Å². The summed E-state index contributed by atoms with van der Waals surface area (Å²) in [5.74, 6) is -1.52. The van der Waals surface area contributed by atoms with Crippen molar-refractivity contribution in [1.29, 1.82) is 0 Å². The maximum Gasteiger partial charge on any atom is 0.320 e. The van der Waals surface area contributed by atoms with Crippen molar-refractivity contribution in [2.24, 2.45) is 0 Å². The second-order valence-electron chi connectivity index (χ2n) is 15.4. The van der Waals surface area contributed by atoms with Gasteiger partial charge in [-0.05, 0) is 62.3 Å². The number of carbonyl (C=O) groups excluding carboxylic acids is 5. The van der Waals surface area contributed by atoms with Crippen LogP contribution in [-0.2, 0) is 38.2 Å². The number of alkyl halides is 2. The summed E-state index contributed by atoms with van der Waals surface area (Å²) in [5.41, 5.74) is -1.89. The Balaban J connectivity index is 3.14. The van der Waals surface area contributed by atoms with Crippen LogP contribution in [0.5, 0.6) is 0 Å². The van der Waals surface area contributed by atoms with Crippen LogP contribution in [0.4, 0.5) is 0 Å². The smallest absolute Gasteiger partial charge is 0.320 e. The van der Waals surface area contributed by atoms with Crippen molar-refractivity contribution in [2.45, 2.75) is 90.4 Å². The first-order chi connectivity index (χ1) is 23.0. The minimum Gasteiger partial charge on any atom is -0.459 e. The molecule has 2 N–H and O–H groups in total. The van der Waals surface area contributed by atoms with E-state index in [1.807, 2.05) is 77.0 Å². The SMILES string of the molecule is CC(C)(C)OC(=O)CN1CCN(CCNC(=O)CC(Br)C(=O)NCCBr)CCN(CC(=O)OC(C)(C)C)CCN(CC(=O)OC(C)(C)C)CC1. The average molecular weight is 843 g/mol. The minimum atomic E-state index is -0.638. The number of carbonyl (C=O) groups is 5. The lowest BCUT2D eigenvalue weighted by Gasteiger charge is -2.34. The van der Waals surface area contributed by atoms with Crippen molar-refractivity contribution in [3.8, 4) is 0 Å². The Kier molecular flexibility index (Phi) is 20.6. The van der Waals surface area contributed by atoms with Crippen LogP contribution in [0.2, 0.25) is 0 Å². The number of nitrogens with one attached hydrogen (secondary N) is 2. The number of esters is 3. The molecule has 1 rings (SSSR count). The van der Waals surface area contributed by atoms with E-state index in [1.54, 1.807) is 0 Å². The monoisotopic (exact) mass is 840 g/mol. The summed E-state index contributed by atoms with van der Waals surface area (Å²) in [7, 11) is 0. The third-order valence-electron chi connectivity index (χ3n) is 7.04. The van der Waals surface area contributed by atoms with Gasteiger partial charge in [-0.15, -0.1) is 0 Å². The zero-order valence-electron chi connectivity index (χ0n) is 31.7. The van der Waals surface area contributed by atoms with Crippen LogP contribution in [0, 0.1) is 0 Å². The van der Waals surface area contributed by atoms with Crippen LogP contribution in [0.25, 0.3) is 0 Å². The summed E-state index contributed by atoms with van der Waals surface area (Å²) >= 11 is 6.56. The average Bonchev–Trinajstić information content (AvgIpc) is 2.93. The maximum absolute atomic E-state index is 12.9. The molecule has 1 unspecified atom stereocenters. The molecule has 50 heavy (non-hydrogen) atoms. The molecule has 1 aliphatic rings. The van der Waals surface area contributed by atoms with Crippen molar-refractivity contribution in [2.75, 3.05) is 97.0 Å². The number of rotatable bonds is 14. The van der Waals surface area contributed by atoms with Gasteiger partial charge in [0.05, 0.1) is 19.6 Å². The molecule has 14 nitrogen and oxygen atoms in total. The van der Waals surface area contributed by atoms with Gasteiger partial charge >= 0.3 is 17.9 Å². The number of halogens is 2. The van der Waals surface area contributed by atoms with Crippen molar-refractivity contribution in [1.82, 2.24) is 30.2 Å². The van der Waals surface area contributed by atoms with E-state index in [9.17, 15) is 24.0 Å². The fraction of sp³-hybridized carbons (Fsp3) is 0.853. The zero-order chi connectivity index (χ0) is 38.1. The molecule has 1 atom stereocenters. The molecule has 0 radical (unpaired) electrons. The molecule has 1 heterocycles. The Morgan fingerprint density at radius 1 is 0.580 bits per heavy atom. The largest absolute Gasteiger partial charge is 0.459 e. The van der Waals surface area contributed by atoms with Crippen LogP contribution in [0.3, 0.4) is 0 Å². The van der Waals surface area contributed by atoms with E-state index in [0.717, 1.165) is 0 Å². The predicted octanol–water partition coefficient (Wildman–Crippen LogP) is 2.01. The normalized spacial score (nSPS) is 17.5. The van der Waals surface area contributed by atoms with Gasteiger partial charge in [0, 0.05) is 83.7 Å². The summed E-state index contributed by atoms with van der Waals surface area (Å²) < 4.78 is 16.8. The quantitative estimate of drug-likeness (QED) is 0.150. The van der Waals surface area contributed by atoms with E-state index < -0.39 is 21.6 Å². The predicted molar refractivity (Wildman–Crippen MR) is 200 cm³/mol. The lowest BCUT2D eigenvalue weighted by molar-refractivity contribution is -0.158. The van der Waals surface area contributed by atoms with Gasteiger partial charge in [0.1, 0.15) is 21.6 Å². The Labute approximate surface area is 316 Å². The number of amides is 2. The molecule has 2 amide bonds. The third kappa shape index (κ3) is 23.6. The van der Waals surface area contributed by atoms with Gasteiger partial charge in [-0.2, -0.15) is 0 Å². The molecule has 0 saturated carbocycles. The van der Waals surface area contributed by atoms with Gasteiger partial charge in [0.15, 0.2) is 0 Å². The lowest BCUT2D eigenvalue weighted by atomic mass is 10.2. The second-order valence-corrected chi connectivity index (χ2v) is 17.3. The number of nitrogens with zero attached hydrogens (tertiary/aromatic N) is 4. The van der Waals surface area contributed by atoms with Crippen LogP contribution in [-0.4, -0.2) is 168 Å². The first-order valence-corrected chi connectivity index (χ1v) is 19.4. The van der Waals surface area contributed by atoms with Gasteiger partial charge < -0.3 is 24.8 Å². The van der Waals surface area contributed by atoms with Crippen molar-refractivity contribution in [3.05, 3.63) is 0 Å². The third-order valence-corrected chi connectivity index (χ3v) is 8.18. The van der Waals surface area contributed by atoms with E-state index in [4.69, 9.17) is 14.2 Å². The second kappa shape index (κ2) is 22.3. The van der Waals surface area contributed by atoms with Gasteiger partial charge in [-0.25, -0.2) is 0 Å². The summed E-state index contributed by atoms with van der Waals surface area (Å²) in [4.78, 5) is 71.0.